The summed E-state index contributed by atoms with van der Waals surface area (Å²) in [5.41, 5.74) is 11.5. The molecular formula is C8H15N3O2. The maximum absolute atomic E-state index is 10.2. The molecule has 0 bridgehead atoms. The molecule has 0 spiro atoms. The van der Waals surface area contributed by atoms with Crippen molar-refractivity contribution < 1.29 is 9.90 Å². The minimum absolute atomic E-state index is 0.0675. The molecule has 0 aromatic carbocycles. The second kappa shape index (κ2) is 5.08. The molecule has 5 heteroatoms. The van der Waals surface area contributed by atoms with Gasteiger partial charge in [-0.2, -0.15) is 0 Å². The molecule has 0 aromatic rings. The molecule has 0 aliphatic heterocycles. The third-order valence-corrected chi connectivity index (χ3v) is 1.43. The fraction of sp³-hybridized carbons (Fsp3) is 0.375. The lowest BCUT2D eigenvalue weighted by atomic mass is 10.0. The molecule has 74 valence electrons. The summed E-state index contributed by atoms with van der Waals surface area (Å²) in [7, 11) is 0. The molecule has 13 heavy (non-hydrogen) atoms. The van der Waals surface area contributed by atoms with Gasteiger partial charge in [-0.15, -0.1) is 0 Å². The summed E-state index contributed by atoms with van der Waals surface area (Å²) < 4.78 is 0. The molecule has 0 atom stereocenters. The van der Waals surface area contributed by atoms with Crippen molar-refractivity contribution in [3.05, 3.63) is 23.7 Å². The number of allylic oxidation sites excluding steroid dienone is 2. The predicted octanol–water partition coefficient (Wildman–Crippen LogP) is 0.553. The van der Waals surface area contributed by atoms with Gasteiger partial charge in [0.05, 0.1) is 0 Å². The lowest BCUT2D eigenvalue weighted by Gasteiger charge is -2.06. The molecule has 0 heterocycles. The first-order valence-corrected chi connectivity index (χ1v) is 3.86. The zero-order valence-electron chi connectivity index (χ0n) is 7.74. The van der Waals surface area contributed by atoms with E-state index in [1.807, 2.05) is 19.2 Å². The molecule has 6 N–H and O–H groups in total. The fourth-order valence-corrected chi connectivity index (χ4v) is 0.746. The van der Waals surface area contributed by atoms with Crippen LogP contribution in [-0.4, -0.2) is 11.2 Å². The normalized spacial score (nSPS) is 13.2. The number of rotatable bonds is 3. The Morgan fingerprint density at radius 2 is 2.08 bits per heavy atom. The van der Waals surface area contributed by atoms with Crippen LogP contribution in [0.25, 0.3) is 0 Å². The molecule has 0 fully saturated rings. The Balaban J connectivity index is 4.44. The number of amides is 1. The molecule has 1 amide bonds. The van der Waals surface area contributed by atoms with Crippen LogP contribution in [0.5, 0.6) is 0 Å². The predicted molar refractivity (Wildman–Crippen MR) is 50.5 cm³/mol. The van der Waals surface area contributed by atoms with Crippen molar-refractivity contribution in [3.63, 3.8) is 0 Å². The van der Waals surface area contributed by atoms with E-state index in [1.165, 1.54) is 12.3 Å². The highest BCUT2D eigenvalue weighted by atomic mass is 16.4. The molecule has 0 aliphatic carbocycles. The van der Waals surface area contributed by atoms with Crippen molar-refractivity contribution >= 4 is 6.09 Å². The van der Waals surface area contributed by atoms with E-state index in [9.17, 15) is 4.79 Å². The van der Waals surface area contributed by atoms with Crippen LogP contribution in [0.15, 0.2) is 23.7 Å². The van der Waals surface area contributed by atoms with Crippen LogP contribution < -0.4 is 16.8 Å². The zero-order chi connectivity index (χ0) is 10.4. The van der Waals surface area contributed by atoms with E-state index in [2.05, 4.69) is 0 Å². The number of nitrogens with two attached hydrogens (primary N) is 2. The average molecular weight is 185 g/mol. The van der Waals surface area contributed by atoms with Crippen LogP contribution in [0, 0.1) is 5.92 Å². The van der Waals surface area contributed by atoms with Gasteiger partial charge in [0, 0.05) is 0 Å². The van der Waals surface area contributed by atoms with Gasteiger partial charge in [-0.3, -0.25) is 5.32 Å². The smallest absolute Gasteiger partial charge is 0.410 e. The summed E-state index contributed by atoms with van der Waals surface area (Å²) in [4.78, 5) is 10.2. The van der Waals surface area contributed by atoms with Crippen molar-refractivity contribution in [2.45, 2.75) is 13.8 Å². The van der Waals surface area contributed by atoms with Crippen molar-refractivity contribution in [2.75, 3.05) is 0 Å². The second-order valence-electron chi connectivity index (χ2n) is 2.85. The molecular weight excluding hydrogens is 170 g/mol. The van der Waals surface area contributed by atoms with Crippen LogP contribution in [-0.2, 0) is 0 Å². The van der Waals surface area contributed by atoms with Gasteiger partial charge in [-0.1, -0.05) is 13.8 Å². The highest BCUT2D eigenvalue weighted by Crippen LogP contribution is 2.09. The van der Waals surface area contributed by atoms with Gasteiger partial charge >= 0.3 is 6.09 Å². The molecule has 0 aliphatic rings. The summed E-state index contributed by atoms with van der Waals surface area (Å²) in [5.74, 6) is 0.275. The van der Waals surface area contributed by atoms with E-state index in [4.69, 9.17) is 16.6 Å². The van der Waals surface area contributed by atoms with Crippen LogP contribution in [0.4, 0.5) is 4.79 Å². The Morgan fingerprint density at radius 1 is 1.54 bits per heavy atom. The summed E-state index contributed by atoms with van der Waals surface area (Å²) in [6.45, 7) is 3.87. The van der Waals surface area contributed by atoms with Crippen LogP contribution in [0.2, 0.25) is 0 Å². The number of carbonyl (C=O) groups is 1. The monoisotopic (exact) mass is 185 g/mol. The van der Waals surface area contributed by atoms with Crippen molar-refractivity contribution in [3.8, 4) is 0 Å². The fourth-order valence-electron chi connectivity index (χ4n) is 0.746. The lowest BCUT2D eigenvalue weighted by Crippen LogP contribution is -2.25. The van der Waals surface area contributed by atoms with Crippen LogP contribution in [0.3, 0.4) is 0 Å². The number of hydrogen-bond acceptors (Lipinski definition) is 3. The standard InChI is InChI=1S/C8H15N3O2/c1-5(2)6(4-9)3-7(10)11-8(12)13/h3-5,11H,9-10H2,1-2H3,(H,12,13)/b6-4+,7-3+. The Labute approximate surface area is 77.1 Å². The first-order valence-electron chi connectivity index (χ1n) is 3.86. The van der Waals surface area contributed by atoms with Crippen molar-refractivity contribution in [2.24, 2.45) is 17.4 Å². The van der Waals surface area contributed by atoms with Gasteiger partial charge in [-0.05, 0) is 23.8 Å². The Kier molecular flexibility index (Phi) is 4.43. The first-order chi connectivity index (χ1) is 5.97. The Morgan fingerprint density at radius 3 is 2.38 bits per heavy atom. The topological polar surface area (TPSA) is 101 Å². The second-order valence-corrected chi connectivity index (χ2v) is 2.85. The third kappa shape index (κ3) is 4.73. The number of carboxylic acid groups (broad SMARTS) is 1. The number of hydrogen-bond donors (Lipinski definition) is 4. The van der Waals surface area contributed by atoms with E-state index >= 15 is 0 Å². The van der Waals surface area contributed by atoms with Crippen molar-refractivity contribution in [1.82, 2.24) is 5.32 Å². The summed E-state index contributed by atoms with van der Waals surface area (Å²) in [5, 5.41) is 10.3. The summed E-state index contributed by atoms with van der Waals surface area (Å²) in [6.07, 6.45) is 1.72. The molecule has 0 rings (SSSR count). The quantitative estimate of drug-likeness (QED) is 0.482. The average Bonchev–Trinajstić information content (AvgIpc) is 1.98. The Bertz CT molecular complexity index is 244. The SMILES string of the molecule is CC(C)C(=C/N)/C=C(\N)NC(=O)O. The minimum atomic E-state index is -1.19. The number of nitrogens with one attached hydrogen (secondary N) is 1. The van der Waals surface area contributed by atoms with E-state index in [-0.39, 0.29) is 11.7 Å². The van der Waals surface area contributed by atoms with E-state index < -0.39 is 6.09 Å². The van der Waals surface area contributed by atoms with Crippen molar-refractivity contribution in [1.29, 1.82) is 0 Å². The largest absolute Gasteiger partial charge is 0.465 e. The van der Waals surface area contributed by atoms with Gasteiger partial charge in [0.1, 0.15) is 5.82 Å². The molecule has 0 saturated heterocycles. The molecule has 0 radical (unpaired) electrons. The van der Waals surface area contributed by atoms with E-state index in [0.717, 1.165) is 5.57 Å². The van der Waals surface area contributed by atoms with E-state index in [0.29, 0.717) is 0 Å². The highest BCUT2D eigenvalue weighted by molar-refractivity contribution is 5.66. The van der Waals surface area contributed by atoms with Crippen LogP contribution >= 0.6 is 0 Å². The highest BCUT2D eigenvalue weighted by Gasteiger charge is 2.01. The van der Waals surface area contributed by atoms with E-state index in [1.54, 1.807) is 0 Å². The van der Waals surface area contributed by atoms with Gasteiger partial charge in [0.2, 0.25) is 0 Å². The lowest BCUT2D eigenvalue weighted by molar-refractivity contribution is 0.197. The van der Waals surface area contributed by atoms with Gasteiger partial charge in [0.25, 0.3) is 0 Å². The van der Waals surface area contributed by atoms with Gasteiger partial charge < -0.3 is 16.6 Å². The maximum atomic E-state index is 10.2. The summed E-state index contributed by atoms with van der Waals surface area (Å²) >= 11 is 0. The molecule has 0 unspecified atom stereocenters. The zero-order valence-corrected chi connectivity index (χ0v) is 7.74. The van der Waals surface area contributed by atoms with Gasteiger partial charge in [-0.25, -0.2) is 4.79 Å². The maximum Gasteiger partial charge on any atom is 0.410 e. The van der Waals surface area contributed by atoms with Gasteiger partial charge in [0.15, 0.2) is 0 Å². The molecule has 5 nitrogen and oxygen atoms in total. The molecule has 0 aromatic heterocycles. The molecule has 0 saturated carbocycles. The minimum Gasteiger partial charge on any atom is -0.465 e. The summed E-state index contributed by atoms with van der Waals surface area (Å²) in [6, 6.07) is 0. The third-order valence-electron chi connectivity index (χ3n) is 1.43. The van der Waals surface area contributed by atoms with Crippen LogP contribution in [0.1, 0.15) is 13.8 Å². The first kappa shape index (κ1) is 11.4. The Hall–Kier alpha value is -1.65.